The van der Waals surface area contributed by atoms with Gasteiger partial charge in [0.25, 0.3) is 5.91 Å². The van der Waals surface area contributed by atoms with Crippen LogP contribution in [-0.4, -0.2) is 23.3 Å². The first kappa shape index (κ1) is 20.4. The van der Waals surface area contributed by atoms with E-state index in [1.165, 1.54) is 0 Å². The number of hydrogen-bond donors (Lipinski definition) is 2. The first-order chi connectivity index (χ1) is 13.5. The molecule has 3 aromatic rings. The first-order valence-corrected chi connectivity index (χ1v) is 10.2. The summed E-state index contributed by atoms with van der Waals surface area (Å²) in [6.45, 7) is 1.79. The van der Waals surface area contributed by atoms with Gasteiger partial charge in [-0.1, -0.05) is 35.0 Å². The highest BCUT2D eigenvalue weighted by Gasteiger charge is 2.09. The van der Waals surface area contributed by atoms with Gasteiger partial charge in [-0.2, -0.15) is 5.10 Å². The summed E-state index contributed by atoms with van der Waals surface area (Å²) in [6, 6.07) is 16.4. The molecule has 0 radical (unpaired) electrons. The molecule has 3 rings (SSSR count). The van der Waals surface area contributed by atoms with Gasteiger partial charge in [0.05, 0.1) is 10.2 Å². The molecule has 2 N–H and O–H groups in total. The standard InChI is InChI=1S/C21H18Br2N2O3/c1-2-18(13-3-7-16(26)8-4-13)24-25-20(27)12-28-19-10-5-14-11-15(22)6-9-17(14)21(19)23/h3-11,26H,2,12H2,1H3,(H,25,27)/b24-18+. The summed E-state index contributed by atoms with van der Waals surface area (Å²) < 4.78 is 7.45. The molecule has 0 aliphatic rings. The number of phenols is 1. The molecule has 28 heavy (non-hydrogen) atoms. The third-order valence-electron chi connectivity index (χ3n) is 4.09. The molecular formula is C21H18Br2N2O3. The van der Waals surface area contributed by atoms with Gasteiger partial charge < -0.3 is 9.84 Å². The highest BCUT2D eigenvalue weighted by atomic mass is 79.9. The fourth-order valence-electron chi connectivity index (χ4n) is 2.66. The molecule has 0 aliphatic heterocycles. The van der Waals surface area contributed by atoms with Gasteiger partial charge in [-0.3, -0.25) is 4.79 Å². The van der Waals surface area contributed by atoms with Gasteiger partial charge in [-0.15, -0.1) is 0 Å². The summed E-state index contributed by atoms with van der Waals surface area (Å²) in [7, 11) is 0. The summed E-state index contributed by atoms with van der Waals surface area (Å²) >= 11 is 7.00. The lowest BCUT2D eigenvalue weighted by Crippen LogP contribution is -2.26. The molecule has 0 spiro atoms. The van der Waals surface area contributed by atoms with E-state index in [4.69, 9.17) is 4.74 Å². The van der Waals surface area contributed by atoms with Crippen molar-refractivity contribution in [2.75, 3.05) is 6.61 Å². The number of amides is 1. The van der Waals surface area contributed by atoms with Gasteiger partial charge >= 0.3 is 0 Å². The lowest BCUT2D eigenvalue weighted by Gasteiger charge is -2.10. The van der Waals surface area contributed by atoms with E-state index in [1.807, 2.05) is 37.3 Å². The van der Waals surface area contributed by atoms with E-state index in [1.54, 1.807) is 24.3 Å². The number of carbonyl (C=O) groups is 1. The van der Waals surface area contributed by atoms with E-state index in [2.05, 4.69) is 42.4 Å². The maximum atomic E-state index is 12.1. The lowest BCUT2D eigenvalue weighted by atomic mass is 10.1. The number of fused-ring (bicyclic) bond motifs is 1. The average molecular weight is 506 g/mol. The quantitative estimate of drug-likeness (QED) is 0.349. The van der Waals surface area contributed by atoms with Crippen LogP contribution in [0, 0.1) is 0 Å². The normalized spacial score (nSPS) is 11.5. The Balaban J connectivity index is 1.65. The van der Waals surface area contributed by atoms with Crippen molar-refractivity contribution in [1.82, 2.24) is 5.43 Å². The summed E-state index contributed by atoms with van der Waals surface area (Å²) in [4.78, 5) is 12.1. The molecule has 3 aromatic carbocycles. The van der Waals surface area contributed by atoms with Crippen molar-refractivity contribution < 1.29 is 14.6 Å². The molecular weight excluding hydrogens is 488 g/mol. The number of aromatic hydroxyl groups is 1. The summed E-state index contributed by atoms with van der Waals surface area (Å²) in [5, 5.41) is 15.6. The largest absolute Gasteiger partial charge is 0.508 e. The maximum Gasteiger partial charge on any atom is 0.277 e. The number of phenolic OH excluding ortho intramolecular Hbond substituents is 1. The zero-order valence-corrected chi connectivity index (χ0v) is 18.2. The summed E-state index contributed by atoms with van der Waals surface area (Å²) in [5.41, 5.74) is 4.07. The Morgan fingerprint density at radius 3 is 2.57 bits per heavy atom. The van der Waals surface area contributed by atoms with Crippen LogP contribution in [0.25, 0.3) is 10.8 Å². The number of nitrogens with zero attached hydrogens (tertiary/aromatic N) is 1. The average Bonchev–Trinajstić information content (AvgIpc) is 2.69. The Bertz CT molecular complexity index is 1030. The van der Waals surface area contributed by atoms with Gasteiger partial charge in [0.2, 0.25) is 0 Å². The highest BCUT2D eigenvalue weighted by Crippen LogP contribution is 2.34. The van der Waals surface area contributed by atoms with Gasteiger partial charge in [0, 0.05) is 4.47 Å². The number of benzene rings is 3. The summed E-state index contributed by atoms with van der Waals surface area (Å²) in [6.07, 6.45) is 0.637. The van der Waals surface area contributed by atoms with Gasteiger partial charge in [-0.05, 0) is 81.2 Å². The number of halogens is 2. The molecule has 0 bridgehead atoms. The molecule has 1 amide bonds. The molecule has 0 unspecified atom stereocenters. The first-order valence-electron chi connectivity index (χ1n) is 8.63. The molecule has 0 heterocycles. The van der Waals surface area contributed by atoms with Crippen molar-refractivity contribution in [2.24, 2.45) is 5.10 Å². The molecule has 144 valence electrons. The van der Waals surface area contributed by atoms with Crippen molar-refractivity contribution in [3.63, 3.8) is 0 Å². The molecule has 0 aliphatic carbocycles. The minimum Gasteiger partial charge on any atom is -0.508 e. The smallest absolute Gasteiger partial charge is 0.277 e. The van der Waals surface area contributed by atoms with Crippen LogP contribution in [0.15, 0.2) is 68.6 Å². The van der Waals surface area contributed by atoms with Crippen molar-refractivity contribution >= 4 is 54.3 Å². The predicted molar refractivity (Wildman–Crippen MR) is 118 cm³/mol. The van der Waals surface area contributed by atoms with E-state index < -0.39 is 0 Å². The predicted octanol–water partition coefficient (Wildman–Crippen LogP) is 5.38. The van der Waals surface area contributed by atoms with Crippen LogP contribution in [0.3, 0.4) is 0 Å². The van der Waals surface area contributed by atoms with Gasteiger partial charge in [-0.25, -0.2) is 5.43 Å². The molecule has 0 atom stereocenters. The van der Waals surface area contributed by atoms with Gasteiger partial charge in [0.1, 0.15) is 11.5 Å². The number of hydrogen-bond acceptors (Lipinski definition) is 4. The second-order valence-corrected chi connectivity index (χ2v) is 7.73. The highest BCUT2D eigenvalue weighted by molar-refractivity contribution is 9.11. The second kappa shape index (κ2) is 9.21. The third kappa shape index (κ3) is 4.91. The van der Waals surface area contributed by atoms with Crippen LogP contribution in [0.1, 0.15) is 18.9 Å². The molecule has 0 saturated carbocycles. The maximum absolute atomic E-state index is 12.1. The minimum atomic E-state index is -0.354. The van der Waals surface area contributed by atoms with Crippen LogP contribution in [-0.2, 0) is 4.79 Å². The zero-order chi connectivity index (χ0) is 20.1. The molecule has 0 saturated heterocycles. The Labute approximate surface area is 179 Å². The minimum absolute atomic E-state index is 0.156. The topological polar surface area (TPSA) is 70.9 Å². The number of carbonyl (C=O) groups excluding carboxylic acids is 1. The zero-order valence-electron chi connectivity index (χ0n) is 15.1. The van der Waals surface area contributed by atoms with Crippen molar-refractivity contribution in [1.29, 1.82) is 0 Å². The fraction of sp³-hybridized carbons (Fsp3) is 0.143. The lowest BCUT2D eigenvalue weighted by molar-refractivity contribution is -0.123. The molecule has 7 heteroatoms. The Hall–Kier alpha value is -2.38. The van der Waals surface area contributed by atoms with E-state index in [-0.39, 0.29) is 18.3 Å². The second-order valence-electron chi connectivity index (χ2n) is 6.03. The van der Waals surface area contributed by atoms with E-state index in [0.29, 0.717) is 17.9 Å². The monoisotopic (exact) mass is 504 g/mol. The van der Waals surface area contributed by atoms with E-state index >= 15 is 0 Å². The van der Waals surface area contributed by atoms with E-state index in [0.717, 1.165) is 25.3 Å². The number of nitrogens with one attached hydrogen (secondary N) is 1. The third-order valence-corrected chi connectivity index (χ3v) is 5.40. The summed E-state index contributed by atoms with van der Waals surface area (Å²) in [5.74, 6) is 0.417. The van der Waals surface area contributed by atoms with Crippen molar-refractivity contribution in [3.05, 3.63) is 69.1 Å². The number of rotatable bonds is 6. The number of ether oxygens (including phenoxy) is 1. The molecule has 0 fully saturated rings. The van der Waals surface area contributed by atoms with E-state index in [9.17, 15) is 9.90 Å². The van der Waals surface area contributed by atoms with Crippen LogP contribution in [0.2, 0.25) is 0 Å². The van der Waals surface area contributed by atoms with Crippen LogP contribution >= 0.6 is 31.9 Å². The number of hydrazone groups is 1. The Morgan fingerprint density at radius 2 is 1.86 bits per heavy atom. The van der Waals surface area contributed by atoms with Crippen molar-refractivity contribution in [2.45, 2.75) is 13.3 Å². The van der Waals surface area contributed by atoms with Crippen LogP contribution in [0.4, 0.5) is 0 Å². The SMILES string of the molecule is CC/C(=N\NC(=O)COc1ccc2cc(Br)ccc2c1Br)c1ccc(O)cc1. The van der Waals surface area contributed by atoms with Crippen molar-refractivity contribution in [3.8, 4) is 11.5 Å². The Morgan fingerprint density at radius 1 is 1.11 bits per heavy atom. The molecule has 0 aromatic heterocycles. The molecule has 5 nitrogen and oxygen atoms in total. The van der Waals surface area contributed by atoms with Gasteiger partial charge in [0.15, 0.2) is 6.61 Å². The van der Waals surface area contributed by atoms with Crippen LogP contribution in [0.5, 0.6) is 11.5 Å². The fourth-order valence-corrected chi connectivity index (χ4v) is 3.65. The van der Waals surface area contributed by atoms with Crippen LogP contribution < -0.4 is 10.2 Å². The Kier molecular flexibility index (Phi) is 6.70.